The highest BCUT2D eigenvalue weighted by molar-refractivity contribution is 7.10. The van der Waals surface area contributed by atoms with E-state index in [1.165, 1.54) is 15.3 Å². The number of amides is 4. The topological polar surface area (TPSA) is 69.7 Å². The lowest BCUT2D eigenvalue weighted by Crippen LogP contribution is -2.48. The summed E-state index contributed by atoms with van der Waals surface area (Å²) in [5.41, 5.74) is 1.54. The molecule has 1 aromatic heterocycles. The average molecular weight is 438 g/mol. The predicted octanol–water partition coefficient (Wildman–Crippen LogP) is 3.87. The Kier molecular flexibility index (Phi) is 5.30. The number of imide groups is 1. The molecule has 0 radical (unpaired) electrons. The quantitative estimate of drug-likeness (QED) is 0.739. The van der Waals surface area contributed by atoms with Gasteiger partial charge in [-0.1, -0.05) is 49.6 Å². The highest BCUT2D eigenvalue weighted by Crippen LogP contribution is 2.38. The number of rotatable bonds is 4. The van der Waals surface area contributed by atoms with E-state index in [1.54, 1.807) is 11.3 Å². The van der Waals surface area contributed by atoms with Gasteiger partial charge in [0.25, 0.3) is 5.91 Å². The number of fused-ring (bicyclic) bond motifs is 1. The number of benzene rings is 1. The first-order valence-electron chi connectivity index (χ1n) is 11.1. The number of hydrogen-bond acceptors (Lipinski definition) is 4. The fourth-order valence-corrected chi connectivity index (χ4v) is 6.21. The van der Waals surface area contributed by atoms with Crippen LogP contribution in [-0.2, 0) is 16.0 Å². The van der Waals surface area contributed by atoms with E-state index >= 15 is 0 Å². The van der Waals surface area contributed by atoms with Crippen LogP contribution in [0.3, 0.4) is 0 Å². The monoisotopic (exact) mass is 437 g/mol. The zero-order valence-corrected chi connectivity index (χ0v) is 18.3. The molecule has 1 atom stereocenters. The zero-order valence-electron chi connectivity index (χ0n) is 17.5. The molecule has 3 aliphatic rings. The first-order chi connectivity index (χ1) is 15.1. The molecular formula is C24H27N3O3S. The standard InChI is InChI=1S/C24H27N3O3S/c28-20(10-15-27-22(29)24(25-23(27)30)12-5-2-6-13-24)26-14-9-19-18(11-16-31-19)21(26)17-7-3-1-4-8-17/h1,3-4,7-8,11,16,21H,2,5-6,9-10,12-15H2,(H,25,30). The van der Waals surface area contributed by atoms with Crippen molar-refractivity contribution in [3.8, 4) is 0 Å². The van der Waals surface area contributed by atoms with Crippen LogP contribution in [0.5, 0.6) is 0 Å². The third-order valence-electron chi connectivity index (χ3n) is 6.90. The molecule has 31 heavy (non-hydrogen) atoms. The molecule has 1 aliphatic carbocycles. The lowest BCUT2D eigenvalue weighted by molar-refractivity contribution is -0.135. The van der Waals surface area contributed by atoms with Gasteiger partial charge in [-0.2, -0.15) is 0 Å². The Balaban J connectivity index is 1.32. The molecule has 1 spiro atoms. The lowest BCUT2D eigenvalue weighted by atomic mass is 9.82. The summed E-state index contributed by atoms with van der Waals surface area (Å²) in [5, 5.41) is 5.02. The van der Waals surface area contributed by atoms with Crippen molar-refractivity contribution in [2.45, 2.75) is 56.5 Å². The van der Waals surface area contributed by atoms with Gasteiger partial charge in [-0.15, -0.1) is 11.3 Å². The lowest BCUT2D eigenvalue weighted by Gasteiger charge is -2.36. The normalized spacial score (nSPS) is 22.5. The molecule has 1 unspecified atom stereocenters. The molecule has 2 fully saturated rings. The van der Waals surface area contributed by atoms with Crippen molar-refractivity contribution >= 4 is 29.2 Å². The fourth-order valence-electron chi connectivity index (χ4n) is 5.30. The van der Waals surface area contributed by atoms with E-state index in [-0.39, 0.29) is 36.9 Å². The van der Waals surface area contributed by atoms with Crippen LogP contribution < -0.4 is 5.32 Å². The second-order valence-electron chi connectivity index (χ2n) is 8.73. The van der Waals surface area contributed by atoms with Crippen LogP contribution in [0.25, 0.3) is 0 Å². The maximum absolute atomic E-state index is 13.3. The molecule has 162 valence electrons. The van der Waals surface area contributed by atoms with Gasteiger partial charge in [0, 0.05) is 24.4 Å². The smallest absolute Gasteiger partial charge is 0.325 e. The van der Waals surface area contributed by atoms with Gasteiger partial charge in [0.1, 0.15) is 5.54 Å². The maximum atomic E-state index is 13.3. The number of nitrogens with zero attached hydrogens (tertiary/aromatic N) is 2. The van der Waals surface area contributed by atoms with Crippen molar-refractivity contribution in [2.24, 2.45) is 0 Å². The molecule has 1 N–H and O–H groups in total. The Morgan fingerprint density at radius 1 is 1.10 bits per heavy atom. The highest BCUT2D eigenvalue weighted by Gasteiger charge is 2.51. The van der Waals surface area contributed by atoms with Crippen LogP contribution in [0.2, 0.25) is 0 Å². The summed E-state index contributed by atoms with van der Waals surface area (Å²) in [6.45, 7) is 0.787. The van der Waals surface area contributed by atoms with Gasteiger partial charge >= 0.3 is 6.03 Å². The molecule has 1 aromatic carbocycles. The number of thiophene rings is 1. The van der Waals surface area contributed by atoms with Crippen LogP contribution >= 0.6 is 11.3 Å². The van der Waals surface area contributed by atoms with Crippen molar-refractivity contribution in [1.82, 2.24) is 15.1 Å². The molecule has 1 saturated heterocycles. The Morgan fingerprint density at radius 3 is 2.65 bits per heavy atom. The van der Waals surface area contributed by atoms with E-state index < -0.39 is 5.54 Å². The summed E-state index contributed by atoms with van der Waals surface area (Å²) in [4.78, 5) is 43.4. The van der Waals surface area contributed by atoms with Gasteiger partial charge in [0.05, 0.1) is 6.04 Å². The molecule has 2 aromatic rings. The number of hydrogen-bond donors (Lipinski definition) is 1. The van der Waals surface area contributed by atoms with Crippen LogP contribution in [0.4, 0.5) is 4.79 Å². The molecule has 1 saturated carbocycles. The summed E-state index contributed by atoms with van der Waals surface area (Å²) in [7, 11) is 0. The van der Waals surface area contributed by atoms with Crippen molar-refractivity contribution in [1.29, 1.82) is 0 Å². The minimum absolute atomic E-state index is 0.0177. The third-order valence-corrected chi connectivity index (χ3v) is 7.90. The first kappa shape index (κ1) is 20.2. The largest absolute Gasteiger partial charge is 0.331 e. The van der Waals surface area contributed by atoms with Gasteiger partial charge in [0.15, 0.2) is 0 Å². The molecule has 2 aliphatic heterocycles. The van der Waals surface area contributed by atoms with Gasteiger partial charge in [-0.3, -0.25) is 14.5 Å². The number of carbonyl (C=O) groups is 3. The minimum atomic E-state index is -0.734. The van der Waals surface area contributed by atoms with Crippen LogP contribution in [0, 0.1) is 0 Å². The second kappa shape index (κ2) is 8.11. The van der Waals surface area contributed by atoms with Crippen LogP contribution in [-0.4, -0.2) is 46.3 Å². The van der Waals surface area contributed by atoms with E-state index in [0.717, 1.165) is 31.2 Å². The van der Waals surface area contributed by atoms with Gasteiger partial charge < -0.3 is 10.2 Å². The Labute approximate surface area is 186 Å². The third kappa shape index (κ3) is 3.55. The molecule has 6 nitrogen and oxygen atoms in total. The Hall–Kier alpha value is -2.67. The van der Waals surface area contributed by atoms with E-state index in [4.69, 9.17) is 0 Å². The van der Waals surface area contributed by atoms with Gasteiger partial charge in [0.2, 0.25) is 5.91 Å². The van der Waals surface area contributed by atoms with Gasteiger partial charge in [-0.25, -0.2) is 4.79 Å². The van der Waals surface area contributed by atoms with Crippen LogP contribution in [0.15, 0.2) is 41.8 Å². The van der Waals surface area contributed by atoms with Crippen LogP contribution in [0.1, 0.15) is 60.6 Å². The predicted molar refractivity (Wildman–Crippen MR) is 119 cm³/mol. The zero-order chi connectivity index (χ0) is 21.4. The van der Waals surface area contributed by atoms with Crippen molar-refractivity contribution in [3.05, 3.63) is 57.8 Å². The number of urea groups is 1. The Morgan fingerprint density at radius 2 is 1.87 bits per heavy atom. The molecule has 0 bridgehead atoms. The SMILES string of the molecule is O=C1NC2(CCCCC2)C(=O)N1CCC(=O)N1CCc2sccc2C1c1ccccc1. The summed E-state index contributed by atoms with van der Waals surface area (Å²) in [6.07, 6.45) is 5.40. The highest BCUT2D eigenvalue weighted by atomic mass is 32.1. The summed E-state index contributed by atoms with van der Waals surface area (Å²) < 4.78 is 0. The van der Waals surface area contributed by atoms with E-state index in [9.17, 15) is 14.4 Å². The summed E-state index contributed by atoms with van der Waals surface area (Å²) in [5.74, 6) is -0.167. The number of carbonyl (C=O) groups excluding carboxylic acids is 3. The first-order valence-corrected chi connectivity index (χ1v) is 12.0. The molecule has 7 heteroatoms. The van der Waals surface area contributed by atoms with Crippen molar-refractivity contribution < 1.29 is 14.4 Å². The van der Waals surface area contributed by atoms with E-state index in [2.05, 4.69) is 28.9 Å². The van der Waals surface area contributed by atoms with Crippen molar-refractivity contribution in [2.75, 3.05) is 13.1 Å². The van der Waals surface area contributed by atoms with Gasteiger partial charge in [-0.05, 0) is 41.8 Å². The van der Waals surface area contributed by atoms with Crippen molar-refractivity contribution in [3.63, 3.8) is 0 Å². The van der Waals surface area contributed by atoms with E-state index in [0.29, 0.717) is 19.4 Å². The average Bonchev–Trinajstić information content (AvgIpc) is 3.36. The summed E-state index contributed by atoms with van der Waals surface area (Å²) >= 11 is 1.74. The second-order valence-corrected chi connectivity index (χ2v) is 9.73. The maximum Gasteiger partial charge on any atom is 0.325 e. The minimum Gasteiger partial charge on any atom is -0.331 e. The fraction of sp³-hybridized carbons (Fsp3) is 0.458. The Bertz CT molecular complexity index is 997. The molecule has 5 rings (SSSR count). The molecule has 3 heterocycles. The summed E-state index contributed by atoms with van der Waals surface area (Å²) in [6, 6.07) is 11.7. The van der Waals surface area contributed by atoms with E-state index in [1.807, 2.05) is 23.1 Å². The molecular weight excluding hydrogens is 410 g/mol. The number of nitrogens with one attached hydrogen (secondary N) is 1. The molecule has 4 amide bonds.